The van der Waals surface area contributed by atoms with Gasteiger partial charge in [0.25, 0.3) is 5.56 Å². The first-order valence-electron chi connectivity index (χ1n) is 10.1. The highest BCUT2D eigenvalue weighted by Gasteiger charge is 2.26. The molecule has 4 rings (SSSR count). The molecule has 2 aliphatic rings. The van der Waals surface area contributed by atoms with Gasteiger partial charge in [0.1, 0.15) is 0 Å². The van der Waals surface area contributed by atoms with Gasteiger partial charge in [0.05, 0.1) is 11.4 Å². The van der Waals surface area contributed by atoms with Crippen molar-refractivity contribution >= 4 is 5.82 Å². The average Bonchev–Trinajstić information content (AvgIpc) is 3.49. The highest BCUT2D eigenvalue weighted by atomic mass is 16.1. The maximum absolute atomic E-state index is 12.2. The Morgan fingerprint density at radius 3 is 2.33 bits per heavy atom. The average molecular weight is 367 g/mol. The van der Waals surface area contributed by atoms with Gasteiger partial charge in [-0.3, -0.25) is 4.79 Å². The lowest BCUT2D eigenvalue weighted by molar-refractivity contribution is 0.329. The number of aromatic nitrogens is 4. The van der Waals surface area contributed by atoms with Crippen molar-refractivity contribution in [3.8, 4) is 0 Å². The molecule has 1 saturated carbocycles. The zero-order valence-electron chi connectivity index (χ0n) is 16.6. The summed E-state index contributed by atoms with van der Waals surface area (Å²) in [5, 5.41) is 13.4. The Labute approximate surface area is 160 Å². The third-order valence-corrected chi connectivity index (χ3v) is 5.67. The SMILES string of the molecule is CC(C)(C)c1ccc(=O)n(CC2CCN(c3ccc(C4CC4)nn3)CC2)n1. The minimum Gasteiger partial charge on any atom is -0.355 e. The van der Waals surface area contributed by atoms with Crippen LogP contribution >= 0.6 is 0 Å². The van der Waals surface area contributed by atoms with Gasteiger partial charge in [-0.05, 0) is 49.8 Å². The van der Waals surface area contributed by atoms with Crippen LogP contribution in [0.1, 0.15) is 63.8 Å². The van der Waals surface area contributed by atoms with E-state index in [-0.39, 0.29) is 11.0 Å². The molecular formula is C21H29N5O. The van der Waals surface area contributed by atoms with Gasteiger partial charge < -0.3 is 4.90 Å². The quantitative estimate of drug-likeness (QED) is 0.831. The van der Waals surface area contributed by atoms with E-state index in [1.165, 1.54) is 12.8 Å². The van der Waals surface area contributed by atoms with Crippen LogP contribution in [-0.2, 0) is 12.0 Å². The Kier molecular flexibility index (Phi) is 4.74. The van der Waals surface area contributed by atoms with Crippen LogP contribution in [0.25, 0.3) is 0 Å². The molecule has 0 bridgehead atoms. The lowest BCUT2D eigenvalue weighted by atomic mass is 9.92. The number of hydrogen-bond donors (Lipinski definition) is 0. The molecule has 0 spiro atoms. The van der Waals surface area contributed by atoms with Crippen LogP contribution in [0.2, 0.25) is 0 Å². The van der Waals surface area contributed by atoms with E-state index in [0.717, 1.165) is 43.1 Å². The van der Waals surface area contributed by atoms with Crippen LogP contribution < -0.4 is 10.5 Å². The monoisotopic (exact) mass is 367 g/mol. The summed E-state index contributed by atoms with van der Waals surface area (Å²) in [5.74, 6) is 2.09. The zero-order valence-corrected chi connectivity index (χ0v) is 16.6. The number of piperidine rings is 1. The first-order chi connectivity index (χ1) is 12.9. The molecular weight excluding hydrogens is 338 g/mol. The molecule has 2 fully saturated rings. The van der Waals surface area contributed by atoms with Crippen LogP contribution in [0.4, 0.5) is 5.82 Å². The first-order valence-corrected chi connectivity index (χ1v) is 10.1. The summed E-state index contributed by atoms with van der Waals surface area (Å²) < 4.78 is 1.66. The van der Waals surface area contributed by atoms with E-state index in [1.54, 1.807) is 10.7 Å². The summed E-state index contributed by atoms with van der Waals surface area (Å²) in [5.41, 5.74) is 2.04. The molecule has 0 aromatic carbocycles. The van der Waals surface area contributed by atoms with E-state index >= 15 is 0 Å². The summed E-state index contributed by atoms with van der Waals surface area (Å²) in [7, 11) is 0. The molecule has 1 aliphatic carbocycles. The van der Waals surface area contributed by atoms with Crippen molar-refractivity contribution in [2.24, 2.45) is 5.92 Å². The van der Waals surface area contributed by atoms with Crippen molar-refractivity contribution < 1.29 is 0 Å². The van der Waals surface area contributed by atoms with E-state index in [0.29, 0.717) is 18.4 Å². The summed E-state index contributed by atoms with van der Waals surface area (Å²) in [6, 6.07) is 7.75. The van der Waals surface area contributed by atoms with Gasteiger partial charge in [-0.2, -0.15) is 10.2 Å². The fraction of sp³-hybridized carbons (Fsp3) is 0.619. The Morgan fingerprint density at radius 2 is 1.74 bits per heavy atom. The van der Waals surface area contributed by atoms with Gasteiger partial charge in [-0.1, -0.05) is 20.8 Å². The van der Waals surface area contributed by atoms with E-state index in [4.69, 9.17) is 0 Å². The van der Waals surface area contributed by atoms with Crippen LogP contribution in [0.15, 0.2) is 29.1 Å². The van der Waals surface area contributed by atoms with Crippen molar-refractivity contribution in [2.45, 2.75) is 64.3 Å². The van der Waals surface area contributed by atoms with Crippen LogP contribution in [0, 0.1) is 5.92 Å². The molecule has 6 nitrogen and oxygen atoms in total. The third-order valence-electron chi connectivity index (χ3n) is 5.67. The van der Waals surface area contributed by atoms with E-state index < -0.39 is 0 Å². The van der Waals surface area contributed by atoms with Crippen molar-refractivity contribution in [3.63, 3.8) is 0 Å². The lowest BCUT2D eigenvalue weighted by Crippen LogP contribution is -2.37. The summed E-state index contributed by atoms with van der Waals surface area (Å²) in [6.45, 7) is 8.98. The molecule has 0 atom stereocenters. The van der Waals surface area contributed by atoms with Gasteiger partial charge in [0.15, 0.2) is 5.82 Å². The smallest absolute Gasteiger partial charge is 0.266 e. The van der Waals surface area contributed by atoms with Crippen molar-refractivity contribution in [1.82, 2.24) is 20.0 Å². The zero-order chi connectivity index (χ0) is 19.0. The predicted octanol–water partition coefficient (Wildman–Crippen LogP) is 3.12. The van der Waals surface area contributed by atoms with Gasteiger partial charge in [0.2, 0.25) is 0 Å². The van der Waals surface area contributed by atoms with E-state index in [9.17, 15) is 4.79 Å². The van der Waals surface area contributed by atoms with Gasteiger partial charge >= 0.3 is 0 Å². The molecule has 3 heterocycles. The van der Waals surface area contributed by atoms with Crippen LogP contribution in [-0.4, -0.2) is 33.1 Å². The second-order valence-corrected chi connectivity index (χ2v) is 9.01. The Bertz CT molecular complexity index is 840. The first kappa shape index (κ1) is 18.1. The number of nitrogens with zero attached hydrogens (tertiary/aromatic N) is 5. The van der Waals surface area contributed by atoms with E-state index in [2.05, 4.69) is 53.1 Å². The molecule has 1 saturated heterocycles. The molecule has 0 unspecified atom stereocenters. The second-order valence-electron chi connectivity index (χ2n) is 9.01. The second kappa shape index (κ2) is 7.06. The number of anilines is 1. The van der Waals surface area contributed by atoms with Crippen molar-refractivity contribution in [2.75, 3.05) is 18.0 Å². The summed E-state index contributed by atoms with van der Waals surface area (Å²) >= 11 is 0. The predicted molar refractivity (Wildman–Crippen MR) is 106 cm³/mol. The van der Waals surface area contributed by atoms with Crippen molar-refractivity contribution in [1.29, 1.82) is 0 Å². The fourth-order valence-corrected chi connectivity index (χ4v) is 3.67. The molecule has 27 heavy (non-hydrogen) atoms. The molecule has 144 valence electrons. The molecule has 0 N–H and O–H groups in total. The maximum atomic E-state index is 12.2. The highest BCUT2D eigenvalue weighted by Crippen LogP contribution is 2.38. The summed E-state index contributed by atoms with van der Waals surface area (Å²) in [6.07, 6.45) is 4.59. The van der Waals surface area contributed by atoms with Gasteiger partial charge in [-0.15, -0.1) is 5.10 Å². The van der Waals surface area contributed by atoms with Crippen LogP contribution in [0.3, 0.4) is 0 Å². The lowest BCUT2D eigenvalue weighted by Gasteiger charge is -2.32. The molecule has 0 radical (unpaired) electrons. The van der Waals surface area contributed by atoms with Crippen LogP contribution in [0.5, 0.6) is 0 Å². The molecule has 1 aliphatic heterocycles. The third kappa shape index (κ3) is 4.20. The molecule has 6 heteroatoms. The normalized spacial score (nSPS) is 18.7. The standard InChI is InChI=1S/C21H29N5O/c1-21(2,3)18-7-9-20(27)26(24-18)14-15-10-12-25(13-11-15)19-8-6-17(22-23-19)16-4-5-16/h6-9,15-16H,4-5,10-14H2,1-3H3. The minimum atomic E-state index is -0.0515. The molecule has 2 aromatic rings. The van der Waals surface area contributed by atoms with E-state index in [1.807, 2.05) is 6.07 Å². The summed E-state index contributed by atoms with van der Waals surface area (Å²) in [4.78, 5) is 14.5. The molecule has 0 amide bonds. The largest absolute Gasteiger partial charge is 0.355 e. The maximum Gasteiger partial charge on any atom is 0.266 e. The fourth-order valence-electron chi connectivity index (χ4n) is 3.67. The van der Waals surface area contributed by atoms with Gasteiger partial charge in [-0.25, -0.2) is 4.68 Å². The van der Waals surface area contributed by atoms with Gasteiger partial charge in [0, 0.05) is 37.0 Å². The Morgan fingerprint density at radius 1 is 1.00 bits per heavy atom. The van der Waals surface area contributed by atoms with Crippen molar-refractivity contribution in [3.05, 3.63) is 46.0 Å². The number of rotatable bonds is 4. The topological polar surface area (TPSA) is 63.9 Å². The Balaban J connectivity index is 1.37. The minimum absolute atomic E-state index is 0.00744. The number of hydrogen-bond acceptors (Lipinski definition) is 5. The molecule has 2 aromatic heterocycles. The highest BCUT2D eigenvalue weighted by molar-refractivity contribution is 5.38. The Hall–Kier alpha value is -2.24.